The monoisotopic (exact) mass is 340 g/mol. The second-order valence-electron chi connectivity index (χ2n) is 6.12. The van der Waals surface area contributed by atoms with Gasteiger partial charge in [-0.15, -0.1) is 0 Å². The number of benzene rings is 1. The van der Waals surface area contributed by atoms with Gasteiger partial charge in [0.1, 0.15) is 5.75 Å². The third-order valence-corrected chi connectivity index (χ3v) is 3.99. The number of aliphatic carboxylic acids is 1. The maximum absolute atomic E-state index is 10.6. The van der Waals surface area contributed by atoms with Gasteiger partial charge < -0.3 is 9.84 Å². The van der Waals surface area contributed by atoms with Crippen LogP contribution in [0.15, 0.2) is 47.6 Å². The Balaban J connectivity index is 2.98. The molecule has 1 aromatic rings. The van der Waals surface area contributed by atoms with E-state index in [1.54, 1.807) is 13.0 Å². The van der Waals surface area contributed by atoms with Gasteiger partial charge in [-0.2, -0.15) is 0 Å². The van der Waals surface area contributed by atoms with Crippen LogP contribution in [0.4, 0.5) is 0 Å². The van der Waals surface area contributed by atoms with Gasteiger partial charge >= 0.3 is 5.97 Å². The standard InChI is InChI=1S/C22H28O3/c1-7-25-21-14-17(4)20(18(5)19(21)6)12-11-15(2)9-8-10-16(3)13-22(23)24/h8-14H,7H2,1-6H3,(H,23,24). The first kappa shape index (κ1) is 20.5. The average Bonchev–Trinajstić information content (AvgIpc) is 2.51. The maximum atomic E-state index is 10.6. The lowest BCUT2D eigenvalue weighted by Gasteiger charge is -2.14. The molecule has 3 heteroatoms. The van der Waals surface area contributed by atoms with Crippen LogP contribution in [0.1, 0.15) is 43.0 Å². The molecule has 0 aliphatic carbocycles. The van der Waals surface area contributed by atoms with Gasteiger partial charge in [-0.1, -0.05) is 36.0 Å². The topological polar surface area (TPSA) is 46.5 Å². The van der Waals surface area contributed by atoms with Crippen molar-refractivity contribution in [3.63, 3.8) is 0 Å². The summed E-state index contributed by atoms with van der Waals surface area (Å²) in [5.74, 6) is 0.0186. The number of rotatable bonds is 7. The Bertz CT molecular complexity index is 747. The first-order valence-electron chi connectivity index (χ1n) is 8.44. The Hall–Kier alpha value is -2.55. The summed E-state index contributed by atoms with van der Waals surface area (Å²) < 4.78 is 5.69. The minimum atomic E-state index is -0.931. The summed E-state index contributed by atoms with van der Waals surface area (Å²) in [6.45, 7) is 12.7. The molecular formula is C22H28O3. The summed E-state index contributed by atoms with van der Waals surface area (Å²) in [5.41, 5.74) is 6.58. The van der Waals surface area contributed by atoms with Crippen LogP contribution in [-0.4, -0.2) is 17.7 Å². The molecule has 0 saturated carbocycles. The number of aryl methyl sites for hydroxylation is 1. The predicted molar refractivity (Wildman–Crippen MR) is 105 cm³/mol. The molecule has 0 aliphatic heterocycles. The minimum Gasteiger partial charge on any atom is -0.494 e. The van der Waals surface area contributed by atoms with Crippen LogP contribution >= 0.6 is 0 Å². The summed E-state index contributed by atoms with van der Waals surface area (Å²) in [4.78, 5) is 10.6. The molecule has 0 amide bonds. The number of hydrogen-bond donors (Lipinski definition) is 1. The van der Waals surface area contributed by atoms with Crippen LogP contribution in [0.5, 0.6) is 5.75 Å². The lowest BCUT2D eigenvalue weighted by atomic mass is 9.96. The quantitative estimate of drug-likeness (QED) is 0.522. The smallest absolute Gasteiger partial charge is 0.328 e. The van der Waals surface area contributed by atoms with Crippen molar-refractivity contribution in [2.45, 2.75) is 41.5 Å². The van der Waals surface area contributed by atoms with Crippen molar-refractivity contribution in [1.29, 1.82) is 0 Å². The van der Waals surface area contributed by atoms with Crippen molar-refractivity contribution < 1.29 is 14.6 Å². The molecule has 3 nitrogen and oxygen atoms in total. The van der Waals surface area contributed by atoms with Gasteiger partial charge in [0.2, 0.25) is 0 Å². The van der Waals surface area contributed by atoms with Gasteiger partial charge in [0, 0.05) is 6.08 Å². The zero-order valence-corrected chi connectivity index (χ0v) is 16.0. The molecule has 0 radical (unpaired) electrons. The van der Waals surface area contributed by atoms with Crippen LogP contribution in [0.2, 0.25) is 0 Å². The number of ether oxygens (including phenoxy) is 1. The predicted octanol–water partition coefficient (Wildman–Crippen LogP) is 5.56. The highest BCUT2D eigenvalue weighted by molar-refractivity contribution is 5.81. The van der Waals surface area contributed by atoms with E-state index in [0.29, 0.717) is 12.2 Å². The van der Waals surface area contributed by atoms with Crippen LogP contribution < -0.4 is 4.74 Å². The van der Waals surface area contributed by atoms with Crippen molar-refractivity contribution in [3.05, 3.63) is 69.8 Å². The molecule has 25 heavy (non-hydrogen) atoms. The minimum absolute atomic E-state index is 0.666. The summed E-state index contributed by atoms with van der Waals surface area (Å²) in [7, 11) is 0. The molecule has 0 bridgehead atoms. The maximum Gasteiger partial charge on any atom is 0.328 e. The third kappa shape index (κ3) is 6.46. The van der Waals surface area contributed by atoms with E-state index in [4.69, 9.17) is 9.84 Å². The van der Waals surface area contributed by atoms with Gasteiger partial charge in [0.05, 0.1) is 6.61 Å². The molecule has 0 heterocycles. The molecule has 0 fully saturated rings. The Morgan fingerprint density at radius 2 is 1.80 bits per heavy atom. The SMILES string of the molecule is CCOc1cc(C)c(C=CC(C)=CC=CC(C)=CC(=O)O)c(C)c1C. The van der Waals surface area contributed by atoms with Gasteiger partial charge in [0.15, 0.2) is 0 Å². The van der Waals surface area contributed by atoms with Crippen molar-refractivity contribution in [2.75, 3.05) is 6.61 Å². The molecular weight excluding hydrogens is 312 g/mol. The average molecular weight is 340 g/mol. The van der Waals surface area contributed by atoms with Gasteiger partial charge in [0.25, 0.3) is 0 Å². The van der Waals surface area contributed by atoms with E-state index in [1.165, 1.54) is 28.3 Å². The van der Waals surface area contributed by atoms with Crippen LogP contribution in [0, 0.1) is 20.8 Å². The Kier molecular flexibility index (Phi) is 7.93. The van der Waals surface area contributed by atoms with E-state index >= 15 is 0 Å². The lowest BCUT2D eigenvalue weighted by Crippen LogP contribution is -1.99. The second kappa shape index (κ2) is 9.67. The number of carbonyl (C=O) groups is 1. The van der Waals surface area contributed by atoms with Crippen molar-refractivity contribution in [3.8, 4) is 5.75 Å². The van der Waals surface area contributed by atoms with Crippen molar-refractivity contribution >= 4 is 12.0 Å². The van der Waals surface area contributed by atoms with Crippen LogP contribution in [-0.2, 0) is 4.79 Å². The highest BCUT2D eigenvalue weighted by Crippen LogP contribution is 2.28. The van der Waals surface area contributed by atoms with Crippen molar-refractivity contribution in [1.82, 2.24) is 0 Å². The van der Waals surface area contributed by atoms with Gasteiger partial charge in [-0.05, 0) is 75.4 Å². The Morgan fingerprint density at radius 3 is 2.40 bits per heavy atom. The fraction of sp³-hybridized carbons (Fsp3) is 0.318. The third-order valence-electron chi connectivity index (χ3n) is 3.99. The number of carboxylic acids is 1. The molecule has 1 N–H and O–H groups in total. The summed E-state index contributed by atoms with van der Waals surface area (Å²) >= 11 is 0. The van der Waals surface area contributed by atoms with Gasteiger partial charge in [-0.25, -0.2) is 4.79 Å². The Morgan fingerprint density at radius 1 is 1.12 bits per heavy atom. The first-order valence-corrected chi connectivity index (χ1v) is 8.44. The van der Waals surface area contributed by atoms with E-state index in [-0.39, 0.29) is 0 Å². The molecule has 1 aromatic carbocycles. The highest BCUT2D eigenvalue weighted by Gasteiger charge is 2.08. The molecule has 0 aliphatic rings. The summed E-state index contributed by atoms with van der Waals surface area (Å²) in [5, 5.41) is 8.68. The number of hydrogen-bond acceptors (Lipinski definition) is 2. The molecule has 1 rings (SSSR count). The molecule has 0 saturated heterocycles. The highest BCUT2D eigenvalue weighted by atomic mass is 16.5. The lowest BCUT2D eigenvalue weighted by molar-refractivity contribution is -0.131. The Labute approximate surface area is 151 Å². The van der Waals surface area contributed by atoms with Gasteiger partial charge in [-0.3, -0.25) is 0 Å². The molecule has 0 aromatic heterocycles. The fourth-order valence-electron chi connectivity index (χ4n) is 2.49. The van der Waals surface area contributed by atoms with E-state index < -0.39 is 5.97 Å². The molecule has 0 spiro atoms. The van der Waals surface area contributed by atoms with E-state index in [9.17, 15) is 4.79 Å². The van der Waals surface area contributed by atoms with Crippen LogP contribution in [0.3, 0.4) is 0 Å². The van der Waals surface area contributed by atoms with Crippen LogP contribution in [0.25, 0.3) is 6.08 Å². The first-order chi connectivity index (χ1) is 11.8. The van der Waals surface area contributed by atoms with E-state index in [2.05, 4.69) is 39.0 Å². The molecule has 0 unspecified atom stereocenters. The normalized spacial score (nSPS) is 13.0. The number of carboxylic acid groups (broad SMARTS) is 1. The summed E-state index contributed by atoms with van der Waals surface area (Å²) in [6, 6.07) is 2.09. The molecule has 0 atom stereocenters. The molecule has 134 valence electrons. The second-order valence-corrected chi connectivity index (χ2v) is 6.12. The zero-order chi connectivity index (χ0) is 19.0. The van der Waals surface area contributed by atoms with Crippen molar-refractivity contribution in [2.24, 2.45) is 0 Å². The largest absolute Gasteiger partial charge is 0.494 e. The zero-order valence-electron chi connectivity index (χ0n) is 16.0. The summed E-state index contributed by atoms with van der Waals surface area (Å²) in [6.07, 6.45) is 11.0. The fourth-order valence-corrected chi connectivity index (χ4v) is 2.49. The van der Waals surface area contributed by atoms with E-state index in [1.807, 2.05) is 26.0 Å². The van der Waals surface area contributed by atoms with E-state index in [0.717, 1.165) is 11.3 Å². The number of allylic oxidation sites excluding steroid dienone is 6.